The molecule has 2 heterocycles. The number of nitrogens with one attached hydrogen (secondary N) is 1. The standard InChI is InChI=1S/C29H36BrClN4O4/c1-18(2)12-14-34(29(36)21-9-11-25(38-4)28(39-5)27(21)31)17-22-23(35-26(33-22)7-6-13-32-35)16-19-15-20(30)8-10-24(19)37-3/h8-11,15,18,32H,6-7,12-14,16-17H2,1-5H3. The van der Waals surface area contributed by atoms with Gasteiger partial charge in [0, 0.05) is 36.0 Å². The van der Waals surface area contributed by atoms with Crippen LogP contribution in [0, 0.1) is 5.92 Å². The molecule has 2 aromatic carbocycles. The molecule has 0 fully saturated rings. The quantitative estimate of drug-likeness (QED) is 0.280. The topological polar surface area (TPSA) is 77.8 Å². The molecular weight excluding hydrogens is 584 g/mol. The number of hydrogen-bond acceptors (Lipinski definition) is 6. The maximum atomic E-state index is 14.0. The highest BCUT2D eigenvalue weighted by molar-refractivity contribution is 9.10. The lowest BCUT2D eigenvalue weighted by Gasteiger charge is -2.25. The lowest BCUT2D eigenvalue weighted by atomic mass is 10.1. The van der Waals surface area contributed by atoms with Gasteiger partial charge < -0.3 is 24.5 Å². The molecule has 1 aromatic heterocycles. The first kappa shape index (κ1) is 29.1. The van der Waals surface area contributed by atoms with E-state index in [1.165, 1.54) is 7.11 Å². The average Bonchev–Trinajstić information content (AvgIpc) is 3.27. The van der Waals surface area contributed by atoms with E-state index in [0.717, 1.165) is 58.8 Å². The predicted molar refractivity (Wildman–Crippen MR) is 157 cm³/mol. The summed E-state index contributed by atoms with van der Waals surface area (Å²) in [5.41, 5.74) is 6.77. The van der Waals surface area contributed by atoms with Crippen LogP contribution in [0.15, 0.2) is 34.8 Å². The van der Waals surface area contributed by atoms with Gasteiger partial charge in [-0.05, 0) is 49.1 Å². The number of rotatable bonds is 11. The summed E-state index contributed by atoms with van der Waals surface area (Å²) in [6.45, 7) is 6.08. The van der Waals surface area contributed by atoms with E-state index in [1.807, 2.05) is 17.0 Å². The predicted octanol–water partition coefficient (Wildman–Crippen LogP) is 6.09. The van der Waals surface area contributed by atoms with Crippen molar-refractivity contribution in [3.63, 3.8) is 0 Å². The summed E-state index contributed by atoms with van der Waals surface area (Å²) < 4.78 is 19.5. The third kappa shape index (κ3) is 6.47. The van der Waals surface area contributed by atoms with Gasteiger partial charge >= 0.3 is 0 Å². The van der Waals surface area contributed by atoms with Crippen molar-refractivity contribution in [1.82, 2.24) is 14.6 Å². The fourth-order valence-corrected chi connectivity index (χ4v) is 5.51. The van der Waals surface area contributed by atoms with Crippen molar-refractivity contribution in [2.45, 2.75) is 46.1 Å². The second-order valence-electron chi connectivity index (χ2n) is 9.97. The highest BCUT2D eigenvalue weighted by Gasteiger charge is 2.27. The summed E-state index contributed by atoms with van der Waals surface area (Å²) in [6, 6.07) is 9.39. The smallest absolute Gasteiger partial charge is 0.255 e. The van der Waals surface area contributed by atoms with Crippen LogP contribution in [0.1, 0.15) is 59.8 Å². The lowest BCUT2D eigenvalue weighted by molar-refractivity contribution is 0.0733. The van der Waals surface area contributed by atoms with Crippen molar-refractivity contribution in [3.8, 4) is 17.2 Å². The zero-order valence-corrected chi connectivity index (χ0v) is 25.5. The zero-order chi connectivity index (χ0) is 28.1. The molecule has 10 heteroatoms. The fraction of sp³-hybridized carbons (Fsp3) is 0.448. The molecule has 0 bridgehead atoms. The molecule has 39 heavy (non-hydrogen) atoms. The molecule has 1 aliphatic heterocycles. The summed E-state index contributed by atoms with van der Waals surface area (Å²) in [5, 5.41) is 0.237. The van der Waals surface area contributed by atoms with Crippen molar-refractivity contribution in [2.75, 3.05) is 39.8 Å². The van der Waals surface area contributed by atoms with Crippen LogP contribution in [0.4, 0.5) is 0 Å². The van der Waals surface area contributed by atoms with Crippen molar-refractivity contribution in [1.29, 1.82) is 0 Å². The monoisotopic (exact) mass is 618 g/mol. The van der Waals surface area contributed by atoms with E-state index < -0.39 is 0 Å². The number of carbonyl (C=O) groups is 1. The minimum Gasteiger partial charge on any atom is -0.496 e. The molecule has 1 N–H and O–H groups in total. The van der Waals surface area contributed by atoms with Crippen LogP contribution < -0.4 is 19.6 Å². The minimum absolute atomic E-state index is 0.175. The number of amides is 1. The van der Waals surface area contributed by atoms with Crippen molar-refractivity contribution < 1.29 is 19.0 Å². The SMILES string of the molecule is COc1ccc(Br)cc1Cc1c(CN(CCC(C)C)C(=O)c2ccc(OC)c(OC)c2Cl)nc2n1NCCC2. The minimum atomic E-state index is -0.175. The molecule has 0 radical (unpaired) electrons. The Hall–Kier alpha value is -2.91. The number of imidazole rings is 1. The van der Waals surface area contributed by atoms with E-state index in [0.29, 0.717) is 42.5 Å². The Kier molecular flexibility index (Phi) is 9.67. The number of hydrogen-bond donors (Lipinski definition) is 1. The van der Waals surface area contributed by atoms with E-state index in [1.54, 1.807) is 26.4 Å². The maximum Gasteiger partial charge on any atom is 0.255 e. The second kappa shape index (κ2) is 13.0. The van der Waals surface area contributed by atoms with Crippen molar-refractivity contribution in [2.24, 2.45) is 5.92 Å². The third-order valence-corrected chi connectivity index (χ3v) is 7.76. The van der Waals surface area contributed by atoms with Gasteiger partial charge in [-0.25, -0.2) is 9.66 Å². The molecule has 1 aliphatic rings. The Morgan fingerprint density at radius 1 is 1.15 bits per heavy atom. The Bertz CT molecular complexity index is 1330. The number of aromatic nitrogens is 2. The summed E-state index contributed by atoms with van der Waals surface area (Å²) in [5.74, 6) is 2.85. The van der Waals surface area contributed by atoms with Crippen molar-refractivity contribution in [3.05, 3.63) is 68.2 Å². The van der Waals surface area contributed by atoms with Crippen LogP contribution in [0.5, 0.6) is 17.2 Å². The number of fused-ring (bicyclic) bond motifs is 1. The average molecular weight is 620 g/mol. The Labute approximate surface area is 243 Å². The number of methoxy groups -OCH3 is 3. The van der Waals surface area contributed by atoms with Gasteiger partial charge in [-0.15, -0.1) is 0 Å². The molecule has 3 aromatic rings. The van der Waals surface area contributed by atoms with Crippen LogP contribution in [-0.4, -0.2) is 54.9 Å². The van der Waals surface area contributed by atoms with Gasteiger partial charge in [0.15, 0.2) is 11.5 Å². The number of ether oxygens (including phenoxy) is 3. The molecule has 210 valence electrons. The highest BCUT2D eigenvalue weighted by atomic mass is 79.9. The largest absolute Gasteiger partial charge is 0.496 e. The van der Waals surface area contributed by atoms with E-state index in [9.17, 15) is 4.79 Å². The van der Waals surface area contributed by atoms with Gasteiger partial charge in [0.1, 0.15) is 11.6 Å². The summed E-state index contributed by atoms with van der Waals surface area (Å²) >= 11 is 10.3. The molecule has 0 atom stereocenters. The number of aryl methyl sites for hydroxylation is 1. The maximum absolute atomic E-state index is 14.0. The molecule has 0 unspecified atom stereocenters. The normalized spacial score (nSPS) is 12.6. The molecule has 4 rings (SSSR count). The first-order chi connectivity index (χ1) is 18.8. The molecule has 1 amide bonds. The van der Waals surface area contributed by atoms with E-state index >= 15 is 0 Å². The number of benzene rings is 2. The van der Waals surface area contributed by atoms with Gasteiger partial charge in [-0.3, -0.25) is 4.79 Å². The van der Waals surface area contributed by atoms with E-state index in [-0.39, 0.29) is 10.9 Å². The van der Waals surface area contributed by atoms with Crippen LogP contribution >= 0.6 is 27.5 Å². The van der Waals surface area contributed by atoms with Crippen LogP contribution in [-0.2, 0) is 19.4 Å². The number of halogens is 2. The zero-order valence-electron chi connectivity index (χ0n) is 23.1. The van der Waals surface area contributed by atoms with Gasteiger partial charge in [0.25, 0.3) is 5.91 Å². The second-order valence-corrected chi connectivity index (χ2v) is 11.3. The number of nitrogens with zero attached hydrogens (tertiary/aromatic N) is 3. The number of carbonyl (C=O) groups excluding carboxylic acids is 1. The first-order valence-corrected chi connectivity index (χ1v) is 14.3. The molecule has 0 spiro atoms. The molecule has 0 saturated heterocycles. The summed E-state index contributed by atoms with van der Waals surface area (Å²) in [6.07, 6.45) is 3.32. The molecule has 0 aliphatic carbocycles. The molecule has 0 saturated carbocycles. The highest BCUT2D eigenvalue weighted by Crippen LogP contribution is 2.38. The van der Waals surface area contributed by atoms with Gasteiger partial charge in [-0.2, -0.15) is 0 Å². The Morgan fingerprint density at radius 3 is 2.59 bits per heavy atom. The lowest BCUT2D eigenvalue weighted by Crippen LogP contribution is -2.33. The first-order valence-electron chi connectivity index (χ1n) is 13.1. The van der Waals surface area contributed by atoms with Gasteiger partial charge in [-0.1, -0.05) is 41.4 Å². The van der Waals surface area contributed by atoms with Crippen LogP contribution in [0.2, 0.25) is 5.02 Å². The van der Waals surface area contributed by atoms with Gasteiger partial charge in [0.05, 0.1) is 49.8 Å². The van der Waals surface area contributed by atoms with Crippen molar-refractivity contribution >= 4 is 33.4 Å². The van der Waals surface area contributed by atoms with Gasteiger partial charge in [0.2, 0.25) is 0 Å². The van der Waals surface area contributed by atoms with E-state index in [2.05, 4.69) is 45.9 Å². The fourth-order valence-electron chi connectivity index (χ4n) is 4.79. The Balaban J connectivity index is 1.74. The molecule has 8 nitrogen and oxygen atoms in total. The summed E-state index contributed by atoms with van der Waals surface area (Å²) in [4.78, 5) is 20.8. The third-order valence-electron chi connectivity index (χ3n) is 6.89. The van der Waals surface area contributed by atoms with Crippen LogP contribution in [0.3, 0.4) is 0 Å². The summed E-state index contributed by atoms with van der Waals surface area (Å²) in [7, 11) is 4.73. The Morgan fingerprint density at radius 2 is 1.90 bits per heavy atom. The molecular formula is C29H36BrClN4O4. The van der Waals surface area contributed by atoms with Crippen LogP contribution in [0.25, 0.3) is 0 Å². The van der Waals surface area contributed by atoms with E-state index in [4.69, 9.17) is 30.8 Å².